The van der Waals surface area contributed by atoms with Crippen LogP contribution < -0.4 is 5.32 Å². The van der Waals surface area contributed by atoms with Gasteiger partial charge in [-0.2, -0.15) is 0 Å². The van der Waals surface area contributed by atoms with Gasteiger partial charge in [0.15, 0.2) is 0 Å². The second-order valence-electron chi connectivity index (χ2n) is 6.24. The van der Waals surface area contributed by atoms with E-state index in [1.807, 2.05) is 6.92 Å². The smallest absolute Gasteiger partial charge is 0.234 e. The Morgan fingerprint density at radius 3 is 2.70 bits per heavy atom. The minimum absolute atomic E-state index is 0.129. The largest absolute Gasteiger partial charge is 0.375 e. The predicted molar refractivity (Wildman–Crippen MR) is 79.7 cm³/mol. The minimum Gasteiger partial charge on any atom is -0.375 e. The van der Waals surface area contributed by atoms with Crippen molar-refractivity contribution in [1.29, 1.82) is 0 Å². The van der Waals surface area contributed by atoms with Gasteiger partial charge in [-0.3, -0.25) is 9.69 Å². The number of nitrogens with zero attached hydrogens (tertiary/aromatic N) is 2. The molecule has 1 heterocycles. The van der Waals surface area contributed by atoms with Crippen molar-refractivity contribution in [3.8, 4) is 0 Å². The molecule has 2 rings (SSSR count). The molecule has 0 aromatic carbocycles. The molecule has 2 aliphatic rings. The number of nitrogens with one attached hydrogen (secondary N) is 1. The Morgan fingerprint density at radius 2 is 2.05 bits per heavy atom. The van der Waals surface area contributed by atoms with Gasteiger partial charge in [0.05, 0.1) is 18.7 Å². The summed E-state index contributed by atoms with van der Waals surface area (Å²) < 4.78 is 5.72. The first-order valence-corrected chi connectivity index (χ1v) is 7.90. The second kappa shape index (κ2) is 7.38. The maximum Gasteiger partial charge on any atom is 0.234 e. The van der Waals surface area contributed by atoms with Gasteiger partial charge in [-0.05, 0) is 33.9 Å². The standard InChI is InChI=1S/C15H29N3O2/c1-4-20-14-10-17(2)9-13(14)16-15(19)11-18(3)12-7-5-6-8-12/h12-14H,4-11H2,1-3H3,(H,16,19)/t13-,14-/m0/s1. The SMILES string of the molecule is CCO[C@H]1CN(C)C[C@@H]1NC(=O)CN(C)C1CCCC1. The molecule has 0 spiro atoms. The van der Waals surface area contributed by atoms with Gasteiger partial charge >= 0.3 is 0 Å². The molecule has 116 valence electrons. The van der Waals surface area contributed by atoms with Gasteiger partial charge < -0.3 is 15.0 Å². The van der Waals surface area contributed by atoms with E-state index in [1.165, 1.54) is 25.7 Å². The third-order valence-corrected chi connectivity index (χ3v) is 4.52. The van der Waals surface area contributed by atoms with Crippen molar-refractivity contribution in [3.05, 3.63) is 0 Å². The van der Waals surface area contributed by atoms with Crippen LogP contribution in [-0.4, -0.2) is 74.2 Å². The summed E-state index contributed by atoms with van der Waals surface area (Å²) in [5, 5.41) is 3.15. The van der Waals surface area contributed by atoms with Crippen LogP contribution in [0.5, 0.6) is 0 Å². The summed E-state index contributed by atoms with van der Waals surface area (Å²) in [5.74, 6) is 0.129. The zero-order valence-corrected chi connectivity index (χ0v) is 13.1. The van der Waals surface area contributed by atoms with Crippen molar-refractivity contribution in [1.82, 2.24) is 15.1 Å². The quantitative estimate of drug-likeness (QED) is 0.779. The summed E-state index contributed by atoms with van der Waals surface area (Å²) >= 11 is 0. The van der Waals surface area contributed by atoms with Gasteiger partial charge in [0.25, 0.3) is 0 Å². The van der Waals surface area contributed by atoms with Gasteiger partial charge in [0, 0.05) is 25.7 Å². The number of rotatable bonds is 6. The monoisotopic (exact) mass is 283 g/mol. The molecular weight excluding hydrogens is 254 g/mol. The number of hydrogen-bond donors (Lipinski definition) is 1. The van der Waals surface area contributed by atoms with Crippen LogP contribution in [0, 0.1) is 0 Å². The summed E-state index contributed by atoms with van der Waals surface area (Å²) in [7, 11) is 4.14. The van der Waals surface area contributed by atoms with E-state index in [2.05, 4.69) is 29.2 Å². The lowest BCUT2D eigenvalue weighted by molar-refractivity contribution is -0.123. The lowest BCUT2D eigenvalue weighted by atomic mass is 10.2. The summed E-state index contributed by atoms with van der Waals surface area (Å²) in [6.07, 6.45) is 5.20. The molecule has 20 heavy (non-hydrogen) atoms. The molecule has 1 N–H and O–H groups in total. The van der Waals surface area contributed by atoms with Gasteiger partial charge in [0.1, 0.15) is 0 Å². The number of likely N-dealkylation sites (N-methyl/N-ethyl adjacent to an activating group) is 2. The Balaban J connectivity index is 1.77. The molecule has 1 amide bonds. The maximum absolute atomic E-state index is 12.2. The molecule has 0 unspecified atom stereocenters. The van der Waals surface area contributed by atoms with Crippen molar-refractivity contribution < 1.29 is 9.53 Å². The highest BCUT2D eigenvalue weighted by molar-refractivity contribution is 5.78. The van der Waals surface area contributed by atoms with Crippen LogP contribution in [0.15, 0.2) is 0 Å². The lowest BCUT2D eigenvalue weighted by Crippen LogP contribution is -2.48. The van der Waals surface area contributed by atoms with Crippen LogP contribution >= 0.6 is 0 Å². The van der Waals surface area contributed by atoms with E-state index in [4.69, 9.17) is 4.74 Å². The molecule has 0 bridgehead atoms. The van der Waals surface area contributed by atoms with Gasteiger partial charge in [-0.15, -0.1) is 0 Å². The first kappa shape index (κ1) is 15.7. The van der Waals surface area contributed by atoms with E-state index in [1.54, 1.807) is 0 Å². The molecule has 1 aliphatic heterocycles. The molecule has 1 saturated carbocycles. The number of ether oxygens (including phenoxy) is 1. The van der Waals surface area contributed by atoms with Crippen LogP contribution in [-0.2, 0) is 9.53 Å². The average Bonchev–Trinajstić information content (AvgIpc) is 3.00. The fourth-order valence-electron chi connectivity index (χ4n) is 3.44. The second-order valence-corrected chi connectivity index (χ2v) is 6.24. The fourth-order valence-corrected chi connectivity index (χ4v) is 3.44. The zero-order valence-electron chi connectivity index (χ0n) is 13.1. The molecule has 2 fully saturated rings. The number of likely N-dealkylation sites (tertiary alicyclic amines) is 1. The van der Waals surface area contributed by atoms with Crippen molar-refractivity contribution in [2.75, 3.05) is 40.3 Å². The lowest BCUT2D eigenvalue weighted by Gasteiger charge is -2.25. The normalized spacial score (nSPS) is 28.4. The van der Waals surface area contributed by atoms with E-state index >= 15 is 0 Å². The molecule has 5 heteroatoms. The van der Waals surface area contributed by atoms with Crippen LogP contribution in [0.2, 0.25) is 0 Å². The van der Waals surface area contributed by atoms with E-state index in [0.29, 0.717) is 19.2 Å². The first-order chi connectivity index (χ1) is 9.60. The Labute approximate surface area is 122 Å². The van der Waals surface area contributed by atoms with Crippen LogP contribution in [0.1, 0.15) is 32.6 Å². The van der Waals surface area contributed by atoms with E-state index in [0.717, 1.165) is 13.1 Å². The summed E-state index contributed by atoms with van der Waals surface area (Å²) in [5.41, 5.74) is 0. The molecule has 2 atom stereocenters. The number of carbonyl (C=O) groups excluding carboxylic acids is 1. The van der Waals surface area contributed by atoms with Gasteiger partial charge in [-0.25, -0.2) is 0 Å². The van der Waals surface area contributed by atoms with E-state index in [9.17, 15) is 4.79 Å². The van der Waals surface area contributed by atoms with Crippen molar-refractivity contribution in [3.63, 3.8) is 0 Å². The molecule has 1 saturated heterocycles. The third-order valence-electron chi connectivity index (χ3n) is 4.52. The van der Waals surface area contributed by atoms with Crippen LogP contribution in [0.3, 0.4) is 0 Å². The Kier molecular flexibility index (Phi) is 5.81. The molecular formula is C15H29N3O2. The molecule has 0 aromatic heterocycles. The molecule has 1 aliphatic carbocycles. The number of amides is 1. The minimum atomic E-state index is 0.129. The topological polar surface area (TPSA) is 44.8 Å². The van der Waals surface area contributed by atoms with Crippen LogP contribution in [0.4, 0.5) is 0 Å². The molecule has 5 nitrogen and oxygen atoms in total. The Bertz CT molecular complexity index is 318. The highest BCUT2D eigenvalue weighted by Gasteiger charge is 2.32. The first-order valence-electron chi connectivity index (χ1n) is 7.90. The maximum atomic E-state index is 12.2. The van der Waals surface area contributed by atoms with Crippen molar-refractivity contribution in [2.45, 2.75) is 50.8 Å². The fraction of sp³-hybridized carbons (Fsp3) is 0.933. The van der Waals surface area contributed by atoms with Crippen LogP contribution in [0.25, 0.3) is 0 Å². The van der Waals surface area contributed by atoms with Crippen molar-refractivity contribution in [2.24, 2.45) is 0 Å². The third kappa shape index (κ3) is 4.17. The highest BCUT2D eigenvalue weighted by Crippen LogP contribution is 2.22. The number of carbonyl (C=O) groups is 1. The van der Waals surface area contributed by atoms with Gasteiger partial charge in [0.2, 0.25) is 5.91 Å². The predicted octanol–water partition coefficient (Wildman–Crippen LogP) is 0.696. The molecule has 0 aromatic rings. The Hall–Kier alpha value is -0.650. The van der Waals surface area contributed by atoms with E-state index in [-0.39, 0.29) is 18.1 Å². The van der Waals surface area contributed by atoms with E-state index < -0.39 is 0 Å². The van der Waals surface area contributed by atoms with Crippen molar-refractivity contribution >= 4 is 5.91 Å². The summed E-state index contributed by atoms with van der Waals surface area (Å²) in [6.45, 7) is 4.99. The summed E-state index contributed by atoms with van der Waals surface area (Å²) in [4.78, 5) is 16.6. The molecule has 0 radical (unpaired) electrons. The summed E-state index contributed by atoms with van der Waals surface area (Å²) in [6, 6.07) is 0.721. The zero-order chi connectivity index (χ0) is 14.5. The van der Waals surface area contributed by atoms with Gasteiger partial charge in [-0.1, -0.05) is 12.8 Å². The Morgan fingerprint density at radius 1 is 1.35 bits per heavy atom. The highest BCUT2D eigenvalue weighted by atomic mass is 16.5. The average molecular weight is 283 g/mol. The number of hydrogen-bond acceptors (Lipinski definition) is 4.